The Balaban J connectivity index is 1.61. The summed E-state index contributed by atoms with van der Waals surface area (Å²) in [5.74, 6) is 0. The second-order valence-corrected chi connectivity index (χ2v) is 5.23. The molecule has 0 saturated heterocycles. The van der Waals surface area contributed by atoms with Gasteiger partial charge in [0.25, 0.3) is 0 Å². The molecule has 1 aliphatic rings. The lowest BCUT2D eigenvalue weighted by Gasteiger charge is -2.25. The van der Waals surface area contributed by atoms with E-state index in [-0.39, 0.29) is 0 Å². The first kappa shape index (κ1) is 12.4. The maximum Gasteiger partial charge on any atom is 0.0522 e. The number of nitrogens with one attached hydrogen (secondary N) is 1. The Morgan fingerprint density at radius 2 is 2.11 bits per heavy atom. The highest BCUT2D eigenvalue weighted by Gasteiger charge is 2.17. The van der Waals surface area contributed by atoms with Crippen LogP contribution in [0.1, 0.15) is 30.2 Å². The lowest BCUT2D eigenvalue weighted by atomic mass is 9.88. The SMILES string of the molecule is CCn1nccc1CNC1CCc2ccccc2C1. The van der Waals surface area contributed by atoms with Gasteiger partial charge in [0.1, 0.15) is 0 Å². The van der Waals surface area contributed by atoms with Crippen LogP contribution in [0.3, 0.4) is 0 Å². The molecule has 100 valence electrons. The van der Waals surface area contributed by atoms with Crippen LogP contribution in [0.5, 0.6) is 0 Å². The largest absolute Gasteiger partial charge is 0.308 e. The number of nitrogens with zero attached hydrogens (tertiary/aromatic N) is 2. The van der Waals surface area contributed by atoms with Crippen LogP contribution in [-0.4, -0.2) is 15.8 Å². The number of rotatable bonds is 4. The van der Waals surface area contributed by atoms with Crippen molar-refractivity contribution in [2.75, 3.05) is 0 Å². The van der Waals surface area contributed by atoms with Crippen molar-refractivity contribution in [1.29, 1.82) is 0 Å². The van der Waals surface area contributed by atoms with E-state index in [1.54, 1.807) is 0 Å². The van der Waals surface area contributed by atoms with Gasteiger partial charge in [-0.25, -0.2) is 0 Å². The molecule has 1 aromatic carbocycles. The van der Waals surface area contributed by atoms with E-state index in [0.29, 0.717) is 6.04 Å². The van der Waals surface area contributed by atoms with E-state index < -0.39 is 0 Å². The summed E-state index contributed by atoms with van der Waals surface area (Å²) in [6.45, 7) is 3.99. The highest BCUT2D eigenvalue weighted by molar-refractivity contribution is 5.30. The Labute approximate surface area is 114 Å². The molecule has 1 unspecified atom stereocenters. The normalized spacial score (nSPS) is 18.3. The number of aryl methyl sites for hydroxylation is 2. The van der Waals surface area contributed by atoms with Gasteiger partial charge in [0.15, 0.2) is 0 Å². The van der Waals surface area contributed by atoms with E-state index >= 15 is 0 Å². The fraction of sp³-hybridized carbons (Fsp3) is 0.438. The highest BCUT2D eigenvalue weighted by atomic mass is 15.3. The third-order valence-electron chi connectivity index (χ3n) is 4.02. The molecule has 0 aliphatic heterocycles. The Hall–Kier alpha value is -1.61. The molecule has 0 saturated carbocycles. The van der Waals surface area contributed by atoms with Crippen molar-refractivity contribution in [3.63, 3.8) is 0 Å². The molecule has 3 rings (SSSR count). The standard InChI is InChI=1S/C16H21N3/c1-2-19-16(9-10-18-19)12-17-15-8-7-13-5-3-4-6-14(13)11-15/h3-6,9-10,15,17H,2,7-8,11-12H2,1H3. The van der Waals surface area contributed by atoms with Crippen molar-refractivity contribution in [2.24, 2.45) is 0 Å². The summed E-state index contributed by atoms with van der Waals surface area (Å²) in [5, 5.41) is 7.99. The summed E-state index contributed by atoms with van der Waals surface area (Å²) in [5.41, 5.74) is 4.32. The molecule has 1 N–H and O–H groups in total. The molecule has 0 fully saturated rings. The van der Waals surface area contributed by atoms with Crippen molar-refractivity contribution in [3.8, 4) is 0 Å². The van der Waals surface area contributed by atoms with E-state index in [0.717, 1.165) is 19.5 Å². The molecule has 0 radical (unpaired) electrons. The van der Waals surface area contributed by atoms with Gasteiger partial charge < -0.3 is 5.32 Å². The fourth-order valence-electron chi connectivity index (χ4n) is 2.92. The van der Waals surface area contributed by atoms with Crippen molar-refractivity contribution in [3.05, 3.63) is 53.3 Å². The number of benzene rings is 1. The first-order chi connectivity index (χ1) is 9.36. The minimum absolute atomic E-state index is 0.593. The zero-order valence-electron chi connectivity index (χ0n) is 11.5. The van der Waals surface area contributed by atoms with Gasteiger partial charge in [0.2, 0.25) is 0 Å². The van der Waals surface area contributed by atoms with Gasteiger partial charge in [-0.2, -0.15) is 5.10 Å². The zero-order chi connectivity index (χ0) is 13.1. The second-order valence-electron chi connectivity index (χ2n) is 5.23. The van der Waals surface area contributed by atoms with Crippen LogP contribution in [0, 0.1) is 0 Å². The molecule has 1 heterocycles. The summed E-state index contributed by atoms with van der Waals surface area (Å²) in [6, 6.07) is 11.5. The average Bonchev–Trinajstić information content (AvgIpc) is 2.92. The zero-order valence-corrected chi connectivity index (χ0v) is 11.5. The molecule has 1 aromatic heterocycles. The maximum atomic E-state index is 4.31. The summed E-state index contributed by atoms with van der Waals surface area (Å²) in [7, 11) is 0. The quantitative estimate of drug-likeness (QED) is 0.910. The van der Waals surface area contributed by atoms with Crippen LogP contribution < -0.4 is 5.32 Å². The van der Waals surface area contributed by atoms with E-state index in [2.05, 4.69) is 52.4 Å². The number of fused-ring (bicyclic) bond motifs is 1. The van der Waals surface area contributed by atoms with E-state index in [1.165, 1.54) is 29.7 Å². The van der Waals surface area contributed by atoms with Crippen molar-refractivity contribution in [2.45, 2.75) is 45.3 Å². The van der Waals surface area contributed by atoms with E-state index in [1.807, 2.05) is 6.20 Å². The summed E-state index contributed by atoms with van der Waals surface area (Å²) in [4.78, 5) is 0. The van der Waals surface area contributed by atoms with Gasteiger partial charge in [0, 0.05) is 25.3 Å². The predicted molar refractivity (Wildman–Crippen MR) is 77.0 cm³/mol. The molecular weight excluding hydrogens is 234 g/mol. The Kier molecular flexibility index (Phi) is 3.65. The Bertz CT molecular complexity index is 544. The molecule has 19 heavy (non-hydrogen) atoms. The van der Waals surface area contributed by atoms with Crippen LogP contribution >= 0.6 is 0 Å². The lowest BCUT2D eigenvalue weighted by molar-refractivity contribution is 0.445. The highest BCUT2D eigenvalue weighted by Crippen LogP contribution is 2.21. The third-order valence-corrected chi connectivity index (χ3v) is 4.02. The molecule has 0 amide bonds. The monoisotopic (exact) mass is 255 g/mol. The van der Waals surface area contributed by atoms with Gasteiger partial charge in [-0.15, -0.1) is 0 Å². The minimum Gasteiger partial charge on any atom is -0.308 e. The van der Waals surface area contributed by atoms with Crippen LogP contribution in [0.15, 0.2) is 36.5 Å². The first-order valence-corrected chi connectivity index (χ1v) is 7.17. The van der Waals surface area contributed by atoms with Gasteiger partial charge in [0.05, 0.1) is 5.69 Å². The maximum absolute atomic E-state index is 4.31. The average molecular weight is 255 g/mol. The predicted octanol–water partition coefficient (Wildman–Crippen LogP) is 2.55. The van der Waals surface area contributed by atoms with Gasteiger partial charge >= 0.3 is 0 Å². The molecule has 1 atom stereocenters. The van der Waals surface area contributed by atoms with E-state index in [9.17, 15) is 0 Å². The first-order valence-electron chi connectivity index (χ1n) is 7.17. The molecule has 0 spiro atoms. The van der Waals surface area contributed by atoms with Crippen LogP contribution in [-0.2, 0) is 25.9 Å². The minimum atomic E-state index is 0.593. The Morgan fingerprint density at radius 3 is 2.95 bits per heavy atom. The van der Waals surface area contributed by atoms with Crippen molar-refractivity contribution < 1.29 is 0 Å². The van der Waals surface area contributed by atoms with Crippen molar-refractivity contribution >= 4 is 0 Å². The smallest absolute Gasteiger partial charge is 0.0522 e. The summed E-state index contributed by atoms with van der Waals surface area (Å²) < 4.78 is 2.06. The molecule has 2 aromatic rings. The number of hydrogen-bond donors (Lipinski definition) is 1. The van der Waals surface area contributed by atoms with Crippen LogP contribution in [0.25, 0.3) is 0 Å². The van der Waals surface area contributed by atoms with Crippen molar-refractivity contribution in [1.82, 2.24) is 15.1 Å². The molecule has 0 bridgehead atoms. The summed E-state index contributed by atoms with van der Waals surface area (Å²) in [6.07, 6.45) is 5.46. The van der Waals surface area contributed by atoms with Gasteiger partial charge in [-0.3, -0.25) is 4.68 Å². The molecule has 3 nitrogen and oxygen atoms in total. The molecule has 1 aliphatic carbocycles. The van der Waals surface area contributed by atoms with Crippen LogP contribution in [0.4, 0.5) is 0 Å². The second kappa shape index (κ2) is 5.57. The third kappa shape index (κ3) is 2.71. The number of hydrogen-bond acceptors (Lipinski definition) is 2. The van der Waals surface area contributed by atoms with Gasteiger partial charge in [-0.1, -0.05) is 24.3 Å². The fourth-order valence-corrected chi connectivity index (χ4v) is 2.92. The lowest BCUT2D eigenvalue weighted by Crippen LogP contribution is -2.34. The molecule has 3 heteroatoms. The van der Waals surface area contributed by atoms with Gasteiger partial charge in [-0.05, 0) is 43.4 Å². The van der Waals surface area contributed by atoms with Crippen LogP contribution in [0.2, 0.25) is 0 Å². The topological polar surface area (TPSA) is 29.9 Å². The van der Waals surface area contributed by atoms with E-state index in [4.69, 9.17) is 0 Å². The number of aromatic nitrogens is 2. The summed E-state index contributed by atoms with van der Waals surface area (Å²) >= 11 is 0. The Morgan fingerprint density at radius 1 is 1.26 bits per heavy atom. The molecular formula is C16H21N3.